The Morgan fingerprint density at radius 2 is 2.04 bits per heavy atom. The number of morpholine rings is 1. The Hall–Kier alpha value is -2.69. The molecule has 2 aromatic heterocycles. The molecule has 1 saturated heterocycles. The number of nitrogens with one attached hydrogen (secondary N) is 1. The van der Waals surface area contributed by atoms with E-state index in [0.29, 0.717) is 18.9 Å². The standard InChI is InChI=1S/C18H18N6O2S2/c1-12-16(25)24(17(27)22-21-12)19-11-14-15(13-5-3-2-4-6-13)20-18(28-14)23-7-9-26-10-8-23/h2-6,11H,7-10H2,1H3,(H,22,27)/b19-11-. The van der Waals surface area contributed by atoms with E-state index in [0.717, 1.165) is 39.0 Å². The van der Waals surface area contributed by atoms with Gasteiger partial charge in [-0.15, -0.1) is 0 Å². The summed E-state index contributed by atoms with van der Waals surface area (Å²) >= 11 is 6.68. The number of rotatable bonds is 4. The third kappa shape index (κ3) is 3.79. The van der Waals surface area contributed by atoms with Gasteiger partial charge in [0.1, 0.15) is 5.69 Å². The molecule has 1 aliphatic rings. The summed E-state index contributed by atoms with van der Waals surface area (Å²) in [6, 6.07) is 9.91. The number of aromatic nitrogens is 4. The van der Waals surface area contributed by atoms with Gasteiger partial charge < -0.3 is 9.64 Å². The van der Waals surface area contributed by atoms with Gasteiger partial charge >= 0.3 is 0 Å². The van der Waals surface area contributed by atoms with E-state index in [4.69, 9.17) is 21.9 Å². The highest BCUT2D eigenvalue weighted by Crippen LogP contribution is 2.32. The van der Waals surface area contributed by atoms with Gasteiger partial charge in [-0.3, -0.25) is 9.89 Å². The lowest BCUT2D eigenvalue weighted by molar-refractivity contribution is 0.122. The Balaban J connectivity index is 1.77. The minimum atomic E-state index is -0.348. The SMILES string of the molecule is Cc1n[nH]c(=S)n(/N=C\c2sc(N3CCOCC3)nc2-c2ccccc2)c1=O. The number of thiazole rings is 1. The van der Waals surface area contributed by atoms with Crippen LogP contribution in [-0.4, -0.2) is 52.4 Å². The van der Waals surface area contributed by atoms with Gasteiger partial charge in [-0.05, 0) is 19.1 Å². The molecule has 0 saturated carbocycles. The lowest BCUT2D eigenvalue weighted by Crippen LogP contribution is -2.36. The largest absolute Gasteiger partial charge is 0.378 e. The van der Waals surface area contributed by atoms with Crippen LogP contribution in [0.2, 0.25) is 0 Å². The van der Waals surface area contributed by atoms with E-state index in [1.165, 1.54) is 11.3 Å². The number of nitrogens with zero attached hydrogens (tertiary/aromatic N) is 5. The number of hydrogen-bond donors (Lipinski definition) is 1. The fraction of sp³-hybridized carbons (Fsp3) is 0.278. The van der Waals surface area contributed by atoms with E-state index in [2.05, 4.69) is 20.2 Å². The van der Waals surface area contributed by atoms with Crippen LogP contribution >= 0.6 is 23.6 Å². The van der Waals surface area contributed by atoms with Gasteiger partial charge in [0.05, 0.1) is 30.0 Å². The van der Waals surface area contributed by atoms with Crippen LogP contribution in [0.5, 0.6) is 0 Å². The first-order valence-electron chi connectivity index (χ1n) is 8.75. The molecule has 1 aliphatic heterocycles. The van der Waals surface area contributed by atoms with Crippen LogP contribution in [0, 0.1) is 11.7 Å². The summed E-state index contributed by atoms with van der Waals surface area (Å²) in [5.74, 6) is 0. The predicted molar refractivity (Wildman–Crippen MR) is 112 cm³/mol. The molecule has 8 nitrogen and oxygen atoms in total. The fourth-order valence-electron chi connectivity index (χ4n) is 2.79. The highest BCUT2D eigenvalue weighted by atomic mass is 32.1. The maximum absolute atomic E-state index is 12.3. The number of aromatic amines is 1. The van der Waals surface area contributed by atoms with Crippen LogP contribution in [0.1, 0.15) is 10.6 Å². The average Bonchev–Trinajstić information content (AvgIpc) is 3.16. The minimum absolute atomic E-state index is 0.144. The number of aryl methyl sites for hydroxylation is 1. The molecule has 0 spiro atoms. The molecular formula is C18H18N6O2S2. The Kier molecular flexibility index (Phi) is 5.42. The average molecular weight is 415 g/mol. The fourth-order valence-corrected chi connectivity index (χ4v) is 3.97. The van der Waals surface area contributed by atoms with Crippen LogP contribution in [-0.2, 0) is 4.74 Å². The molecule has 10 heteroatoms. The van der Waals surface area contributed by atoms with Crippen molar-refractivity contribution in [3.05, 3.63) is 56.0 Å². The number of ether oxygens (including phenoxy) is 1. The number of anilines is 1. The second kappa shape index (κ2) is 8.13. The summed E-state index contributed by atoms with van der Waals surface area (Å²) in [5, 5.41) is 11.7. The molecule has 1 N–H and O–H groups in total. The first kappa shape index (κ1) is 18.7. The van der Waals surface area contributed by atoms with E-state index in [9.17, 15) is 4.79 Å². The third-order valence-electron chi connectivity index (χ3n) is 4.27. The van der Waals surface area contributed by atoms with Gasteiger partial charge in [-0.1, -0.05) is 41.7 Å². The van der Waals surface area contributed by atoms with Crippen LogP contribution in [0.3, 0.4) is 0 Å². The monoisotopic (exact) mass is 414 g/mol. The Labute approximate surface area is 170 Å². The Morgan fingerprint density at radius 3 is 2.79 bits per heavy atom. The van der Waals surface area contributed by atoms with E-state index >= 15 is 0 Å². The maximum Gasteiger partial charge on any atom is 0.296 e. The molecule has 1 aromatic carbocycles. The van der Waals surface area contributed by atoms with Crippen LogP contribution in [0.15, 0.2) is 40.2 Å². The zero-order chi connectivity index (χ0) is 19.5. The molecule has 0 radical (unpaired) electrons. The Bertz CT molecular complexity index is 1110. The molecule has 28 heavy (non-hydrogen) atoms. The number of benzene rings is 1. The van der Waals surface area contributed by atoms with E-state index in [1.54, 1.807) is 13.1 Å². The predicted octanol–water partition coefficient (Wildman–Crippen LogP) is 2.45. The lowest BCUT2D eigenvalue weighted by atomic mass is 10.1. The molecule has 1 fully saturated rings. The normalized spacial score (nSPS) is 14.7. The summed E-state index contributed by atoms with van der Waals surface area (Å²) < 4.78 is 6.72. The van der Waals surface area contributed by atoms with Crippen LogP contribution in [0.25, 0.3) is 11.3 Å². The zero-order valence-electron chi connectivity index (χ0n) is 15.2. The van der Waals surface area contributed by atoms with Crippen LogP contribution in [0.4, 0.5) is 5.13 Å². The van der Waals surface area contributed by atoms with Gasteiger partial charge in [0.25, 0.3) is 5.56 Å². The second-order valence-electron chi connectivity index (χ2n) is 6.15. The second-order valence-corrected chi connectivity index (χ2v) is 7.55. The summed E-state index contributed by atoms with van der Waals surface area (Å²) in [6.07, 6.45) is 1.63. The topological polar surface area (TPSA) is 88.4 Å². The van der Waals surface area contributed by atoms with Crippen molar-refractivity contribution in [3.8, 4) is 11.3 Å². The maximum atomic E-state index is 12.3. The summed E-state index contributed by atoms with van der Waals surface area (Å²) in [6.45, 7) is 4.58. The van der Waals surface area contributed by atoms with Gasteiger partial charge in [0.15, 0.2) is 5.13 Å². The van der Waals surface area contributed by atoms with Crippen molar-refractivity contribution in [1.29, 1.82) is 0 Å². The molecule has 4 rings (SSSR count). The van der Waals surface area contributed by atoms with Crippen LogP contribution < -0.4 is 10.5 Å². The first-order valence-corrected chi connectivity index (χ1v) is 9.97. The lowest BCUT2D eigenvalue weighted by Gasteiger charge is -2.26. The Morgan fingerprint density at radius 1 is 1.29 bits per heavy atom. The molecule has 0 amide bonds. The molecule has 0 aliphatic carbocycles. The summed E-state index contributed by atoms with van der Waals surface area (Å²) in [5.41, 5.74) is 1.76. The van der Waals surface area contributed by atoms with Crippen molar-refractivity contribution >= 4 is 34.9 Å². The molecule has 144 valence electrons. The molecule has 0 atom stereocenters. The highest BCUT2D eigenvalue weighted by molar-refractivity contribution is 7.71. The van der Waals surface area contributed by atoms with Crippen molar-refractivity contribution in [3.63, 3.8) is 0 Å². The molecule has 0 bridgehead atoms. The third-order valence-corrected chi connectivity index (χ3v) is 5.59. The van der Waals surface area contributed by atoms with Crippen molar-refractivity contribution in [2.45, 2.75) is 6.92 Å². The molecular weight excluding hydrogens is 396 g/mol. The number of H-pyrrole nitrogens is 1. The smallest absolute Gasteiger partial charge is 0.296 e. The molecule has 3 aromatic rings. The van der Waals surface area contributed by atoms with E-state index in [1.807, 2.05) is 30.3 Å². The van der Waals surface area contributed by atoms with Crippen molar-refractivity contribution in [2.75, 3.05) is 31.2 Å². The van der Waals surface area contributed by atoms with Crippen molar-refractivity contribution in [2.24, 2.45) is 5.10 Å². The van der Waals surface area contributed by atoms with Crippen molar-refractivity contribution < 1.29 is 4.74 Å². The zero-order valence-corrected chi connectivity index (χ0v) is 16.8. The number of hydrogen-bond acceptors (Lipinski definition) is 8. The van der Waals surface area contributed by atoms with Gasteiger partial charge in [0.2, 0.25) is 4.77 Å². The van der Waals surface area contributed by atoms with Gasteiger partial charge in [0, 0.05) is 18.7 Å². The van der Waals surface area contributed by atoms with Crippen molar-refractivity contribution in [1.82, 2.24) is 19.9 Å². The first-order chi connectivity index (χ1) is 13.6. The quantitative estimate of drug-likeness (QED) is 0.521. The molecule has 3 heterocycles. The summed E-state index contributed by atoms with van der Waals surface area (Å²) in [7, 11) is 0. The van der Waals surface area contributed by atoms with E-state index < -0.39 is 0 Å². The van der Waals surface area contributed by atoms with E-state index in [-0.39, 0.29) is 10.3 Å². The van der Waals surface area contributed by atoms with Gasteiger partial charge in [-0.2, -0.15) is 14.9 Å². The minimum Gasteiger partial charge on any atom is -0.378 e. The highest BCUT2D eigenvalue weighted by Gasteiger charge is 2.19. The summed E-state index contributed by atoms with van der Waals surface area (Å²) in [4.78, 5) is 20.2. The van der Waals surface area contributed by atoms with Gasteiger partial charge in [-0.25, -0.2) is 4.98 Å². The molecule has 0 unspecified atom stereocenters.